The van der Waals surface area contributed by atoms with E-state index >= 15 is 0 Å². The van der Waals surface area contributed by atoms with Crippen LogP contribution in [0.2, 0.25) is 0 Å². The molecule has 2 aliphatic heterocycles. The van der Waals surface area contributed by atoms with Crippen LogP contribution in [0.15, 0.2) is 24.3 Å². The Bertz CT molecular complexity index is 488. The van der Waals surface area contributed by atoms with Gasteiger partial charge in [-0.2, -0.15) is 0 Å². The van der Waals surface area contributed by atoms with Crippen LogP contribution in [0.5, 0.6) is 0 Å². The fourth-order valence-corrected chi connectivity index (χ4v) is 4.12. The number of aliphatic carboxylic acids is 1. The molecule has 116 valence electrons. The highest BCUT2D eigenvalue weighted by atomic mass is 35.5. The van der Waals surface area contributed by atoms with Gasteiger partial charge in [0.15, 0.2) is 0 Å². The molecule has 3 rings (SSSR count). The monoisotopic (exact) mass is 309 g/mol. The molecule has 21 heavy (non-hydrogen) atoms. The first-order chi connectivity index (χ1) is 9.56. The van der Waals surface area contributed by atoms with Crippen LogP contribution >= 0.6 is 12.4 Å². The van der Waals surface area contributed by atoms with E-state index in [4.69, 9.17) is 0 Å². The van der Waals surface area contributed by atoms with E-state index in [1.54, 1.807) is 0 Å². The first kappa shape index (κ1) is 16.3. The van der Waals surface area contributed by atoms with E-state index in [0.29, 0.717) is 12.1 Å². The van der Waals surface area contributed by atoms with Crippen molar-refractivity contribution in [3.05, 3.63) is 35.4 Å². The lowest BCUT2D eigenvalue weighted by molar-refractivity contribution is -0.141. The smallest absolute Gasteiger partial charge is 0.311 e. The zero-order valence-corrected chi connectivity index (χ0v) is 13.5. The maximum absolute atomic E-state index is 11.8. The second-order valence-corrected chi connectivity index (χ2v) is 6.51. The Morgan fingerprint density at radius 2 is 1.71 bits per heavy atom. The van der Waals surface area contributed by atoms with Gasteiger partial charge in [0.2, 0.25) is 0 Å². The maximum atomic E-state index is 11.8. The molecule has 1 N–H and O–H groups in total. The number of carbonyl (C=O) groups is 1. The van der Waals surface area contributed by atoms with E-state index in [1.165, 1.54) is 18.4 Å². The third-order valence-corrected chi connectivity index (χ3v) is 5.31. The minimum atomic E-state index is -0.664. The zero-order chi connectivity index (χ0) is 14.3. The van der Waals surface area contributed by atoms with Crippen LogP contribution in [0.1, 0.15) is 42.7 Å². The van der Waals surface area contributed by atoms with E-state index in [9.17, 15) is 9.90 Å². The van der Waals surface area contributed by atoms with Gasteiger partial charge in [0.05, 0.1) is 5.92 Å². The fourth-order valence-electron chi connectivity index (χ4n) is 4.12. The number of carboxylic acid groups (broad SMARTS) is 1. The van der Waals surface area contributed by atoms with Crippen LogP contribution in [-0.2, 0) is 4.79 Å². The summed E-state index contributed by atoms with van der Waals surface area (Å²) in [5, 5.41) is 9.69. The van der Waals surface area contributed by atoms with Gasteiger partial charge in [0.25, 0.3) is 0 Å². The molecule has 1 aromatic carbocycles. The molecule has 4 heteroatoms. The number of aryl methyl sites for hydroxylation is 1. The molecule has 3 atom stereocenters. The predicted octanol–water partition coefficient (Wildman–Crippen LogP) is 3.46. The molecule has 2 aliphatic rings. The molecular formula is C17H24ClNO2. The van der Waals surface area contributed by atoms with Crippen molar-refractivity contribution in [1.82, 2.24) is 4.90 Å². The van der Waals surface area contributed by atoms with Crippen molar-refractivity contribution in [2.24, 2.45) is 5.92 Å². The molecule has 0 spiro atoms. The van der Waals surface area contributed by atoms with Gasteiger partial charge >= 0.3 is 5.97 Å². The van der Waals surface area contributed by atoms with Crippen molar-refractivity contribution >= 4 is 18.4 Å². The first-order valence-corrected chi connectivity index (χ1v) is 7.57. The number of hydrogen-bond donors (Lipinski definition) is 1. The molecule has 0 aliphatic carbocycles. The number of fused-ring (bicyclic) bond motifs is 2. The lowest BCUT2D eigenvalue weighted by atomic mass is 9.77. The molecule has 0 amide bonds. The van der Waals surface area contributed by atoms with E-state index in [0.717, 1.165) is 18.4 Å². The van der Waals surface area contributed by atoms with Crippen molar-refractivity contribution in [2.45, 2.75) is 50.6 Å². The summed E-state index contributed by atoms with van der Waals surface area (Å²) in [4.78, 5) is 14.2. The van der Waals surface area contributed by atoms with Crippen LogP contribution < -0.4 is 0 Å². The molecule has 0 radical (unpaired) electrons. The van der Waals surface area contributed by atoms with Crippen molar-refractivity contribution in [3.8, 4) is 0 Å². The minimum absolute atomic E-state index is 0. The highest BCUT2D eigenvalue weighted by Crippen LogP contribution is 2.43. The topological polar surface area (TPSA) is 40.5 Å². The van der Waals surface area contributed by atoms with Crippen molar-refractivity contribution in [3.63, 3.8) is 0 Å². The maximum Gasteiger partial charge on any atom is 0.311 e. The first-order valence-electron chi connectivity index (χ1n) is 7.57. The van der Waals surface area contributed by atoms with Crippen LogP contribution in [0, 0.1) is 12.8 Å². The Morgan fingerprint density at radius 3 is 2.19 bits per heavy atom. The van der Waals surface area contributed by atoms with Gasteiger partial charge < -0.3 is 10.0 Å². The van der Waals surface area contributed by atoms with Gasteiger partial charge in [-0.05, 0) is 51.1 Å². The number of benzene rings is 1. The molecule has 1 aromatic rings. The number of piperidine rings is 1. The Kier molecular flexibility index (Phi) is 4.95. The van der Waals surface area contributed by atoms with Gasteiger partial charge in [-0.15, -0.1) is 12.4 Å². The van der Waals surface area contributed by atoms with Crippen LogP contribution in [0.3, 0.4) is 0 Å². The van der Waals surface area contributed by atoms with Crippen molar-refractivity contribution in [2.75, 3.05) is 7.05 Å². The van der Waals surface area contributed by atoms with Gasteiger partial charge in [0.1, 0.15) is 0 Å². The Hall–Kier alpha value is -1.06. The Labute approximate surface area is 132 Å². The van der Waals surface area contributed by atoms with Crippen LogP contribution in [0.4, 0.5) is 0 Å². The van der Waals surface area contributed by atoms with Crippen LogP contribution in [0.25, 0.3) is 0 Å². The summed E-state index contributed by atoms with van der Waals surface area (Å²) in [5.41, 5.74) is 2.15. The van der Waals surface area contributed by atoms with Crippen molar-refractivity contribution < 1.29 is 9.90 Å². The minimum Gasteiger partial charge on any atom is -0.481 e. The molecular weight excluding hydrogens is 286 g/mol. The summed E-state index contributed by atoms with van der Waals surface area (Å²) in [6.45, 7) is 2.04. The van der Waals surface area contributed by atoms with Crippen molar-refractivity contribution in [1.29, 1.82) is 0 Å². The lowest BCUT2D eigenvalue weighted by Gasteiger charge is -2.38. The molecule has 2 saturated heterocycles. The third-order valence-electron chi connectivity index (χ3n) is 5.31. The molecule has 2 fully saturated rings. The third kappa shape index (κ3) is 3.09. The summed E-state index contributed by atoms with van der Waals surface area (Å²) >= 11 is 0. The molecule has 3 nitrogen and oxygen atoms in total. The van der Waals surface area contributed by atoms with E-state index < -0.39 is 5.97 Å². The van der Waals surface area contributed by atoms with Gasteiger partial charge in [-0.25, -0.2) is 0 Å². The molecule has 1 unspecified atom stereocenters. The molecule has 0 aromatic heterocycles. The molecule has 0 saturated carbocycles. The highest BCUT2D eigenvalue weighted by Gasteiger charge is 2.43. The number of rotatable bonds is 3. The summed E-state index contributed by atoms with van der Waals surface area (Å²) in [5.74, 6) is -0.723. The number of nitrogens with zero attached hydrogens (tertiary/aromatic N) is 1. The standard InChI is InChI=1S/C17H23NO2.ClH/c1-11-3-5-12(6-4-11)16(17(19)20)13-9-14-7-8-15(10-13)18(14)2;/h3-6,13-16H,7-10H2,1-2H3,(H,19,20);1H/t14-,15-,16?;/m0./s1. The quantitative estimate of drug-likeness (QED) is 0.929. The number of halogens is 1. The Morgan fingerprint density at radius 1 is 1.19 bits per heavy atom. The predicted molar refractivity (Wildman–Crippen MR) is 86.1 cm³/mol. The summed E-state index contributed by atoms with van der Waals surface area (Å²) in [7, 11) is 2.19. The van der Waals surface area contributed by atoms with Gasteiger partial charge in [-0.1, -0.05) is 29.8 Å². The Balaban J connectivity index is 0.00000161. The average molecular weight is 310 g/mol. The highest BCUT2D eigenvalue weighted by molar-refractivity contribution is 5.85. The van der Waals surface area contributed by atoms with E-state index in [2.05, 4.69) is 11.9 Å². The van der Waals surface area contributed by atoms with Gasteiger partial charge in [-0.3, -0.25) is 4.79 Å². The van der Waals surface area contributed by atoms with E-state index in [-0.39, 0.29) is 24.2 Å². The normalized spacial score (nSPS) is 29.7. The molecule has 2 heterocycles. The SMILES string of the molecule is Cc1ccc(C(C(=O)O)C2C[C@@H]3CC[C@@H](C2)N3C)cc1.Cl. The summed E-state index contributed by atoms with van der Waals surface area (Å²) < 4.78 is 0. The van der Waals surface area contributed by atoms with Crippen LogP contribution in [-0.4, -0.2) is 35.1 Å². The largest absolute Gasteiger partial charge is 0.481 e. The summed E-state index contributed by atoms with van der Waals surface area (Å²) in [6.07, 6.45) is 4.52. The second kappa shape index (κ2) is 6.37. The summed E-state index contributed by atoms with van der Waals surface area (Å²) in [6, 6.07) is 9.21. The van der Waals surface area contributed by atoms with Gasteiger partial charge in [0, 0.05) is 12.1 Å². The molecule has 2 bridgehead atoms. The average Bonchev–Trinajstić information content (AvgIpc) is 2.64. The zero-order valence-electron chi connectivity index (χ0n) is 12.7. The van der Waals surface area contributed by atoms with E-state index in [1.807, 2.05) is 31.2 Å². The second-order valence-electron chi connectivity index (χ2n) is 6.51. The lowest BCUT2D eigenvalue weighted by Crippen LogP contribution is -2.42. The number of carboxylic acids is 1. The fraction of sp³-hybridized carbons (Fsp3) is 0.588. The number of hydrogen-bond acceptors (Lipinski definition) is 2.